The zero-order valence-corrected chi connectivity index (χ0v) is 11.2. The normalized spacial score (nSPS) is 13.8. The van der Waals surface area contributed by atoms with Crippen molar-refractivity contribution in [3.05, 3.63) is 29.1 Å². The van der Waals surface area contributed by atoms with Crippen molar-refractivity contribution in [3.63, 3.8) is 0 Å². The van der Waals surface area contributed by atoms with Gasteiger partial charge < -0.3 is 0 Å². The fraction of sp³-hybridized carbons (Fsp3) is 0. The van der Waals surface area contributed by atoms with Gasteiger partial charge in [0.1, 0.15) is 0 Å². The van der Waals surface area contributed by atoms with Crippen LogP contribution in [0.25, 0.3) is 0 Å². The Hall–Kier alpha value is -2.45. The van der Waals surface area contributed by atoms with Gasteiger partial charge in [-0.3, -0.25) is 0 Å². The topological polar surface area (TPSA) is 95.2 Å². The summed E-state index contributed by atoms with van der Waals surface area (Å²) in [6.45, 7) is 0. The molecule has 1 aromatic rings. The Morgan fingerprint density at radius 3 is 1.10 bits per heavy atom. The van der Waals surface area contributed by atoms with Crippen LogP contribution in [-0.4, -0.2) is 0 Å². The van der Waals surface area contributed by atoms with E-state index in [1.807, 2.05) is 0 Å². The number of hydrogen-bond acceptors (Lipinski definition) is 4. The van der Waals surface area contributed by atoms with E-state index >= 15 is 0 Å². The number of halogens is 6. The van der Waals surface area contributed by atoms with Gasteiger partial charge in [-0.15, -0.1) is 0 Å². The molecule has 0 spiro atoms. The van der Waals surface area contributed by atoms with Crippen molar-refractivity contribution in [2.45, 2.75) is 0 Å². The van der Waals surface area contributed by atoms with Crippen molar-refractivity contribution in [1.82, 2.24) is 0 Å². The van der Waals surface area contributed by atoms with Gasteiger partial charge in [0.15, 0.2) is 0 Å². The molecule has 0 fully saturated rings. The first-order valence-electron chi connectivity index (χ1n) is 4.63. The molecule has 0 saturated heterocycles. The van der Waals surface area contributed by atoms with Gasteiger partial charge in [-0.05, 0) is 0 Å². The summed E-state index contributed by atoms with van der Waals surface area (Å²) >= 11 is 5.48. The SMILES string of the molecule is N#C[P-](Cl)(C#N)(C#N)(C#N)c1c(F)c(F)c(F)c(F)c1F. The predicted molar refractivity (Wildman–Crippen MR) is 61.1 cm³/mol. The van der Waals surface area contributed by atoms with Crippen LogP contribution in [0.15, 0.2) is 0 Å². The average Bonchev–Trinajstić information content (AvgIpc) is 2.52. The molecule has 0 bridgehead atoms. The molecule has 4 nitrogen and oxygen atoms in total. The molecule has 0 aliphatic carbocycles. The first kappa shape index (κ1) is 16.6. The molecular weight excluding hydrogens is 338 g/mol. The van der Waals surface area contributed by atoms with E-state index in [4.69, 9.17) is 32.3 Å². The molecule has 0 heterocycles. The second-order valence-electron chi connectivity index (χ2n) is 3.86. The monoisotopic (exact) mass is 337 g/mol. The van der Waals surface area contributed by atoms with E-state index in [0.717, 1.165) is 0 Å². The van der Waals surface area contributed by atoms with Crippen molar-refractivity contribution in [1.29, 1.82) is 21.0 Å². The van der Waals surface area contributed by atoms with Crippen LogP contribution < -0.4 is 5.30 Å². The minimum atomic E-state index is -7.20. The fourth-order valence-corrected chi connectivity index (χ4v) is 3.64. The van der Waals surface area contributed by atoms with E-state index in [0.29, 0.717) is 23.2 Å². The summed E-state index contributed by atoms with van der Waals surface area (Å²) in [7, 11) is 0. The first-order chi connectivity index (χ1) is 9.51. The van der Waals surface area contributed by atoms with Crippen LogP contribution >= 0.6 is 16.5 Å². The van der Waals surface area contributed by atoms with Crippen molar-refractivity contribution < 1.29 is 22.0 Å². The van der Waals surface area contributed by atoms with E-state index < -0.39 is 39.7 Å². The second kappa shape index (κ2) is 4.03. The zero-order chi connectivity index (χ0) is 16.7. The quantitative estimate of drug-likeness (QED) is 0.340. The number of rotatable bonds is 1. The second-order valence-corrected chi connectivity index (χ2v) is 10.7. The summed E-state index contributed by atoms with van der Waals surface area (Å²) in [5.41, 5.74) is 0. The molecule has 108 valence electrons. The molecular formula is C10ClF5N4P-. The Bertz CT molecular complexity index is 769. The minimum absolute atomic E-state index is 0.709. The van der Waals surface area contributed by atoms with Gasteiger partial charge in [0, 0.05) is 0 Å². The third-order valence-corrected chi connectivity index (χ3v) is 7.44. The van der Waals surface area contributed by atoms with Gasteiger partial charge in [0.05, 0.1) is 0 Å². The number of benzene rings is 1. The van der Waals surface area contributed by atoms with Crippen LogP contribution in [0, 0.1) is 73.4 Å². The van der Waals surface area contributed by atoms with Gasteiger partial charge in [-0.2, -0.15) is 0 Å². The third-order valence-electron chi connectivity index (χ3n) is 2.67. The molecule has 0 radical (unpaired) electrons. The Balaban J connectivity index is 4.44. The molecule has 0 aliphatic heterocycles. The number of nitrogens with zero attached hydrogens (tertiary/aromatic N) is 4. The van der Waals surface area contributed by atoms with Crippen molar-refractivity contribution in [3.8, 4) is 23.2 Å². The molecule has 0 atom stereocenters. The van der Waals surface area contributed by atoms with E-state index in [1.165, 1.54) is 0 Å². The Morgan fingerprint density at radius 2 is 0.857 bits per heavy atom. The standard InChI is InChI=1S/C10ClF5N4P/c11-21(1-17,2-18,3-19,4-20)10-8(15)6(13)5(12)7(14)9(10)16/q-1. The van der Waals surface area contributed by atoms with Crippen LogP contribution in [0.3, 0.4) is 0 Å². The van der Waals surface area contributed by atoms with Crippen LogP contribution in [0.1, 0.15) is 0 Å². The Labute approximate surface area is 118 Å². The third kappa shape index (κ3) is 1.60. The van der Waals surface area contributed by atoms with Crippen LogP contribution in [0.5, 0.6) is 0 Å². The van der Waals surface area contributed by atoms with E-state index in [9.17, 15) is 22.0 Å². The molecule has 0 aliphatic rings. The summed E-state index contributed by atoms with van der Waals surface area (Å²) in [6.07, 6.45) is 0. The number of nitriles is 4. The maximum absolute atomic E-state index is 13.8. The van der Waals surface area contributed by atoms with Gasteiger partial charge in [0.2, 0.25) is 0 Å². The maximum atomic E-state index is 13.8. The van der Waals surface area contributed by atoms with Crippen molar-refractivity contribution in [2.75, 3.05) is 0 Å². The summed E-state index contributed by atoms with van der Waals surface area (Å²) < 4.78 is 66.8. The summed E-state index contributed by atoms with van der Waals surface area (Å²) in [4.78, 5) is 0. The van der Waals surface area contributed by atoms with Gasteiger partial charge in [-0.25, -0.2) is 0 Å². The molecule has 11 heteroatoms. The summed E-state index contributed by atoms with van der Waals surface area (Å²) in [5.74, 6) is -10.2. The molecule has 1 rings (SSSR count). The summed E-state index contributed by atoms with van der Waals surface area (Å²) in [6, 6.07) is 0. The molecule has 21 heavy (non-hydrogen) atoms. The molecule has 0 aromatic heterocycles. The zero-order valence-electron chi connectivity index (χ0n) is 9.50. The molecule has 0 amide bonds. The van der Waals surface area contributed by atoms with Crippen molar-refractivity contribution in [2.24, 2.45) is 0 Å². The Kier molecular flexibility index (Phi) is 3.18. The van der Waals surface area contributed by atoms with E-state index in [-0.39, 0.29) is 0 Å². The first-order valence-corrected chi connectivity index (χ1v) is 8.21. The molecule has 0 unspecified atom stereocenters. The fourth-order valence-electron chi connectivity index (χ4n) is 1.39. The average molecular weight is 338 g/mol. The molecule has 0 saturated carbocycles. The van der Waals surface area contributed by atoms with Gasteiger partial charge in [-0.1, -0.05) is 0 Å². The van der Waals surface area contributed by atoms with Crippen LogP contribution in [0.4, 0.5) is 22.0 Å². The van der Waals surface area contributed by atoms with Crippen LogP contribution in [0.2, 0.25) is 0 Å². The van der Waals surface area contributed by atoms with E-state index in [2.05, 4.69) is 0 Å². The number of hydrogen-bond donors (Lipinski definition) is 0. The van der Waals surface area contributed by atoms with Gasteiger partial charge in [0.25, 0.3) is 0 Å². The van der Waals surface area contributed by atoms with Crippen molar-refractivity contribution >= 4 is 21.8 Å². The summed E-state index contributed by atoms with van der Waals surface area (Å²) in [5, 5.41) is 26.5. The van der Waals surface area contributed by atoms with Gasteiger partial charge >= 0.3 is 117 Å². The molecule has 1 aromatic carbocycles. The Morgan fingerprint density at radius 1 is 0.619 bits per heavy atom. The van der Waals surface area contributed by atoms with Crippen LogP contribution in [-0.2, 0) is 0 Å². The van der Waals surface area contributed by atoms with E-state index in [1.54, 1.807) is 0 Å². The predicted octanol–water partition coefficient (Wildman–Crippen LogP) is 3.17. The molecule has 0 N–H and O–H groups in total.